The molecule has 0 fully saturated rings. The predicted molar refractivity (Wildman–Crippen MR) is 82.8 cm³/mol. The van der Waals surface area contributed by atoms with Crippen LogP contribution in [0.3, 0.4) is 0 Å². The second kappa shape index (κ2) is 7.59. The van der Waals surface area contributed by atoms with Gasteiger partial charge >= 0.3 is 0 Å². The first kappa shape index (κ1) is 15.3. The Morgan fingerprint density at radius 3 is 2.76 bits per heavy atom. The SMILES string of the molecule is CCNC(=O)C(C)NCc1cnn(Cc2ccccc2)c1. The second-order valence-corrected chi connectivity index (χ2v) is 5.03. The van der Waals surface area contributed by atoms with Gasteiger partial charge in [-0.3, -0.25) is 9.48 Å². The first-order valence-electron chi connectivity index (χ1n) is 7.25. The number of carbonyl (C=O) groups excluding carboxylic acids is 1. The van der Waals surface area contributed by atoms with Crippen LogP contribution in [0.15, 0.2) is 42.7 Å². The molecule has 0 aliphatic heterocycles. The zero-order valence-corrected chi connectivity index (χ0v) is 12.5. The number of aromatic nitrogens is 2. The summed E-state index contributed by atoms with van der Waals surface area (Å²) in [5.74, 6) is 0.0224. The lowest BCUT2D eigenvalue weighted by atomic mass is 10.2. The minimum absolute atomic E-state index is 0.0224. The van der Waals surface area contributed by atoms with E-state index in [0.717, 1.165) is 12.1 Å². The van der Waals surface area contributed by atoms with Crippen molar-refractivity contribution >= 4 is 5.91 Å². The van der Waals surface area contributed by atoms with E-state index < -0.39 is 0 Å². The van der Waals surface area contributed by atoms with Crippen LogP contribution in [0.5, 0.6) is 0 Å². The molecule has 1 amide bonds. The number of rotatable bonds is 7. The summed E-state index contributed by atoms with van der Waals surface area (Å²) >= 11 is 0. The van der Waals surface area contributed by atoms with Gasteiger partial charge in [-0.15, -0.1) is 0 Å². The van der Waals surface area contributed by atoms with Gasteiger partial charge in [-0.2, -0.15) is 5.10 Å². The summed E-state index contributed by atoms with van der Waals surface area (Å²) in [5, 5.41) is 10.3. The highest BCUT2D eigenvalue weighted by atomic mass is 16.2. The van der Waals surface area contributed by atoms with Crippen LogP contribution in [-0.4, -0.2) is 28.3 Å². The van der Waals surface area contributed by atoms with Crippen molar-refractivity contribution in [3.8, 4) is 0 Å². The van der Waals surface area contributed by atoms with E-state index in [1.165, 1.54) is 5.56 Å². The summed E-state index contributed by atoms with van der Waals surface area (Å²) < 4.78 is 1.91. The van der Waals surface area contributed by atoms with Crippen LogP contribution in [0.2, 0.25) is 0 Å². The molecule has 112 valence electrons. The standard InChI is InChI=1S/C16H22N4O/c1-3-17-16(21)13(2)18-9-15-10-19-20(12-15)11-14-7-5-4-6-8-14/h4-8,10,12-13,18H,3,9,11H2,1-2H3,(H,17,21). The molecule has 0 radical (unpaired) electrons. The molecular weight excluding hydrogens is 264 g/mol. The molecule has 0 aliphatic rings. The predicted octanol–water partition coefficient (Wildman–Crippen LogP) is 1.55. The van der Waals surface area contributed by atoms with E-state index in [-0.39, 0.29) is 11.9 Å². The number of hydrogen-bond donors (Lipinski definition) is 2. The van der Waals surface area contributed by atoms with E-state index in [1.54, 1.807) is 0 Å². The molecular formula is C16H22N4O. The van der Waals surface area contributed by atoms with Crippen molar-refractivity contribution in [2.24, 2.45) is 0 Å². The third-order valence-electron chi connectivity index (χ3n) is 3.23. The fourth-order valence-corrected chi connectivity index (χ4v) is 2.05. The van der Waals surface area contributed by atoms with Gasteiger partial charge in [0.2, 0.25) is 5.91 Å². The molecule has 1 aromatic heterocycles. The molecule has 0 aliphatic carbocycles. The van der Waals surface area contributed by atoms with Crippen LogP contribution < -0.4 is 10.6 Å². The lowest BCUT2D eigenvalue weighted by Crippen LogP contribution is -2.41. The summed E-state index contributed by atoms with van der Waals surface area (Å²) in [6, 6.07) is 10.0. The molecule has 5 heteroatoms. The van der Waals surface area contributed by atoms with Crippen LogP contribution >= 0.6 is 0 Å². The fraction of sp³-hybridized carbons (Fsp3) is 0.375. The highest BCUT2D eigenvalue weighted by molar-refractivity contribution is 5.81. The maximum atomic E-state index is 11.6. The van der Waals surface area contributed by atoms with Crippen molar-refractivity contribution in [1.82, 2.24) is 20.4 Å². The van der Waals surface area contributed by atoms with E-state index in [4.69, 9.17) is 0 Å². The molecule has 21 heavy (non-hydrogen) atoms. The average molecular weight is 286 g/mol. The van der Waals surface area contributed by atoms with Crippen molar-refractivity contribution in [2.75, 3.05) is 6.54 Å². The fourth-order valence-electron chi connectivity index (χ4n) is 2.05. The quantitative estimate of drug-likeness (QED) is 0.812. The van der Waals surface area contributed by atoms with Gasteiger partial charge in [-0.1, -0.05) is 30.3 Å². The van der Waals surface area contributed by atoms with Gasteiger partial charge in [-0.25, -0.2) is 0 Å². The molecule has 5 nitrogen and oxygen atoms in total. The van der Waals surface area contributed by atoms with Crippen molar-refractivity contribution in [3.05, 3.63) is 53.9 Å². The third kappa shape index (κ3) is 4.72. The molecule has 1 heterocycles. The molecule has 1 unspecified atom stereocenters. The van der Waals surface area contributed by atoms with E-state index in [1.807, 2.05) is 49.1 Å². The summed E-state index contributed by atoms with van der Waals surface area (Å²) in [6.07, 6.45) is 3.84. The van der Waals surface area contributed by atoms with Gasteiger partial charge in [0.25, 0.3) is 0 Å². The van der Waals surface area contributed by atoms with Crippen molar-refractivity contribution < 1.29 is 4.79 Å². The summed E-state index contributed by atoms with van der Waals surface area (Å²) in [6.45, 7) is 5.82. The van der Waals surface area contributed by atoms with Crippen molar-refractivity contribution in [2.45, 2.75) is 33.0 Å². The Bertz CT molecular complexity index is 565. The van der Waals surface area contributed by atoms with Gasteiger partial charge in [0.05, 0.1) is 18.8 Å². The molecule has 2 aromatic rings. The largest absolute Gasteiger partial charge is 0.355 e. The van der Waals surface area contributed by atoms with E-state index in [0.29, 0.717) is 13.1 Å². The van der Waals surface area contributed by atoms with Crippen LogP contribution in [0.1, 0.15) is 25.0 Å². The molecule has 2 rings (SSSR count). The van der Waals surface area contributed by atoms with Crippen LogP contribution in [0, 0.1) is 0 Å². The van der Waals surface area contributed by atoms with Gasteiger partial charge in [0, 0.05) is 24.8 Å². The minimum atomic E-state index is -0.206. The maximum Gasteiger partial charge on any atom is 0.236 e. The summed E-state index contributed by atoms with van der Waals surface area (Å²) in [4.78, 5) is 11.6. The van der Waals surface area contributed by atoms with Crippen LogP contribution in [-0.2, 0) is 17.9 Å². The Kier molecular flexibility index (Phi) is 5.51. The minimum Gasteiger partial charge on any atom is -0.355 e. The Labute approximate surface area is 125 Å². The number of hydrogen-bond acceptors (Lipinski definition) is 3. The third-order valence-corrected chi connectivity index (χ3v) is 3.23. The van der Waals surface area contributed by atoms with Gasteiger partial charge in [0.15, 0.2) is 0 Å². The maximum absolute atomic E-state index is 11.6. The molecule has 0 saturated heterocycles. The van der Waals surface area contributed by atoms with Crippen molar-refractivity contribution in [1.29, 1.82) is 0 Å². The highest BCUT2D eigenvalue weighted by Gasteiger charge is 2.11. The average Bonchev–Trinajstić information content (AvgIpc) is 2.93. The lowest BCUT2D eigenvalue weighted by molar-refractivity contribution is -0.122. The monoisotopic (exact) mass is 286 g/mol. The highest BCUT2D eigenvalue weighted by Crippen LogP contribution is 2.04. The normalized spacial score (nSPS) is 12.1. The number of amides is 1. The molecule has 0 bridgehead atoms. The van der Waals surface area contributed by atoms with Gasteiger partial charge in [-0.05, 0) is 19.4 Å². The number of benzene rings is 1. The van der Waals surface area contributed by atoms with Crippen molar-refractivity contribution in [3.63, 3.8) is 0 Å². The number of carbonyl (C=O) groups is 1. The number of nitrogens with one attached hydrogen (secondary N) is 2. The summed E-state index contributed by atoms with van der Waals surface area (Å²) in [5.41, 5.74) is 2.29. The first-order chi connectivity index (χ1) is 10.2. The Morgan fingerprint density at radius 2 is 2.05 bits per heavy atom. The molecule has 0 saturated carbocycles. The van der Waals surface area contributed by atoms with Gasteiger partial charge < -0.3 is 10.6 Å². The Hall–Kier alpha value is -2.14. The first-order valence-corrected chi connectivity index (χ1v) is 7.25. The molecule has 1 atom stereocenters. The van der Waals surface area contributed by atoms with E-state index >= 15 is 0 Å². The number of likely N-dealkylation sites (N-methyl/N-ethyl adjacent to an activating group) is 1. The van der Waals surface area contributed by atoms with E-state index in [9.17, 15) is 4.79 Å². The second-order valence-electron chi connectivity index (χ2n) is 5.03. The smallest absolute Gasteiger partial charge is 0.236 e. The summed E-state index contributed by atoms with van der Waals surface area (Å²) in [7, 11) is 0. The Morgan fingerprint density at radius 1 is 1.29 bits per heavy atom. The molecule has 0 spiro atoms. The zero-order valence-electron chi connectivity index (χ0n) is 12.5. The van der Waals surface area contributed by atoms with E-state index in [2.05, 4.69) is 27.9 Å². The Balaban J connectivity index is 1.84. The lowest BCUT2D eigenvalue weighted by Gasteiger charge is -2.12. The van der Waals surface area contributed by atoms with Gasteiger partial charge in [0.1, 0.15) is 0 Å². The number of nitrogens with zero attached hydrogens (tertiary/aromatic N) is 2. The molecule has 2 N–H and O–H groups in total. The zero-order chi connectivity index (χ0) is 15.1. The van der Waals surface area contributed by atoms with Crippen LogP contribution in [0.25, 0.3) is 0 Å². The van der Waals surface area contributed by atoms with Crippen LogP contribution in [0.4, 0.5) is 0 Å². The molecule has 1 aromatic carbocycles. The topological polar surface area (TPSA) is 59.0 Å².